The lowest BCUT2D eigenvalue weighted by atomic mass is 9.99. The Morgan fingerprint density at radius 3 is 2.41 bits per heavy atom. The van der Waals surface area contributed by atoms with Crippen molar-refractivity contribution in [1.82, 2.24) is 5.32 Å². The van der Waals surface area contributed by atoms with Crippen LogP contribution in [0.1, 0.15) is 26.7 Å². The summed E-state index contributed by atoms with van der Waals surface area (Å²) in [6.45, 7) is 4.03. The van der Waals surface area contributed by atoms with Crippen LogP contribution in [0.5, 0.6) is 0 Å². The van der Waals surface area contributed by atoms with Crippen LogP contribution in [0.4, 0.5) is 4.39 Å². The van der Waals surface area contributed by atoms with Gasteiger partial charge >= 0.3 is 5.97 Å². The fourth-order valence-corrected chi connectivity index (χ4v) is 3.36. The van der Waals surface area contributed by atoms with Crippen LogP contribution >= 0.6 is 0 Å². The summed E-state index contributed by atoms with van der Waals surface area (Å²) < 4.78 is 36.9. The lowest BCUT2D eigenvalue weighted by Gasteiger charge is -2.20. The fourth-order valence-electron chi connectivity index (χ4n) is 2.05. The van der Waals surface area contributed by atoms with Gasteiger partial charge < -0.3 is 10.4 Å². The first kappa shape index (κ1) is 18.6. The fraction of sp³-hybridized carbons (Fsp3) is 0.533. The Labute approximate surface area is 130 Å². The molecule has 0 saturated carbocycles. The van der Waals surface area contributed by atoms with Crippen molar-refractivity contribution in [3.63, 3.8) is 0 Å². The maximum atomic E-state index is 12.8. The van der Waals surface area contributed by atoms with Crippen LogP contribution in [0.2, 0.25) is 0 Å². The third-order valence-electron chi connectivity index (χ3n) is 3.61. The second-order valence-corrected chi connectivity index (χ2v) is 7.39. The molecule has 7 heteroatoms. The molecule has 0 bridgehead atoms. The first-order valence-electron chi connectivity index (χ1n) is 7.22. The molecule has 1 aromatic rings. The number of nitrogens with one attached hydrogen (secondary N) is 1. The highest BCUT2D eigenvalue weighted by atomic mass is 32.2. The highest BCUT2D eigenvalue weighted by Crippen LogP contribution is 2.13. The van der Waals surface area contributed by atoms with Crippen molar-refractivity contribution in [3.8, 4) is 0 Å². The molecule has 0 aliphatic heterocycles. The van der Waals surface area contributed by atoms with E-state index >= 15 is 0 Å². The first-order valence-corrected chi connectivity index (χ1v) is 8.87. The molecule has 2 atom stereocenters. The van der Waals surface area contributed by atoms with E-state index in [-0.39, 0.29) is 16.6 Å². The van der Waals surface area contributed by atoms with Crippen molar-refractivity contribution < 1.29 is 22.7 Å². The number of benzene rings is 1. The molecule has 0 aliphatic carbocycles. The van der Waals surface area contributed by atoms with Gasteiger partial charge in [-0.2, -0.15) is 0 Å². The minimum atomic E-state index is -3.48. The van der Waals surface area contributed by atoms with E-state index in [1.54, 1.807) is 0 Å². The van der Waals surface area contributed by atoms with Crippen molar-refractivity contribution in [2.24, 2.45) is 5.92 Å². The molecule has 0 radical (unpaired) electrons. The van der Waals surface area contributed by atoms with Crippen molar-refractivity contribution in [2.45, 2.75) is 37.6 Å². The quantitative estimate of drug-likeness (QED) is 0.535. The van der Waals surface area contributed by atoms with Gasteiger partial charge in [0.25, 0.3) is 0 Å². The first-order chi connectivity index (χ1) is 10.3. The lowest BCUT2D eigenvalue weighted by Crippen LogP contribution is -2.42. The molecule has 1 rings (SSSR count). The zero-order valence-electron chi connectivity index (χ0n) is 12.8. The van der Waals surface area contributed by atoms with Gasteiger partial charge in [-0.15, -0.1) is 0 Å². The summed E-state index contributed by atoms with van der Waals surface area (Å²) in [5, 5.41) is 12.0. The molecule has 0 unspecified atom stereocenters. The van der Waals surface area contributed by atoms with E-state index in [1.807, 2.05) is 13.8 Å². The average molecular weight is 331 g/mol. The van der Waals surface area contributed by atoms with Gasteiger partial charge in [-0.1, -0.05) is 20.3 Å². The minimum Gasteiger partial charge on any atom is -0.480 e. The average Bonchev–Trinajstić information content (AvgIpc) is 2.46. The maximum Gasteiger partial charge on any atom is 0.320 e. The van der Waals surface area contributed by atoms with Gasteiger partial charge in [0.1, 0.15) is 11.9 Å². The van der Waals surface area contributed by atoms with Crippen LogP contribution in [-0.2, 0) is 14.6 Å². The number of carboxylic acids is 1. The van der Waals surface area contributed by atoms with Gasteiger partial charge in [0.2, 0.25) is 0 Å². The third-order valence-corrected chi connectivity index (χ3v) is 5.42. The smallest absolute Gasteiger partial charge is 0.320 e. The molecule has 0 heterocycles. The Morgan fingerprint density at radius 1 is 1.32 bits per heavy atom. The third kappa shape index (κ3) is 5.38. The van der Waals surface area contributed by atoms with E-state index in [1.165, 1.54) is 12.1 Å². The molecule has 0 aromatic heterocycles. The van der Waals surface area contributed by atoms with Crippen molar-refractivity contribution in [3.05, 3.63) is 30.1 Å². The standard InChI is InChI=1S/C15H22FNO4S/c1-3-11(2)14(15(18)19)17-9-4-10-22(20,21)13-7-5-12(16)6-8-13/h5-8,11,14,17H,3-4,9-10H2,1-2H3,(H,18,19)/t11-,14-/m0/s1. The molecule has 0 amide bonds. The van der Waals surface area contributed by atoms with E-state index in [9.17, 15) is 17.6 Å². The Bertz CT molecular complexity index is 586. The van der Waals surface area contributed by atoms with Crippen LogP contribution in [-0.4, -0.2) is 37.8 Å². The van der Waals surface area contributed by atoms with Crippen LogP contribution < -0.4 is 5.32 Å². The molecule has 22 heavy (non-hydrogen) atoms. The van der Waals surface area contributed by atoms with Gasteiger partial charge in [-0.05, 0) is 43.1 Å². The number of carboxylic acid groups (broad SMARTS) is 1. The number of halogens is 1. The Balaban J connectivity index is 2.52. The van der Waals surface area contributed by atoms with E-state index in [0.717, 1.165) is 18.6 Å². The SMILES string of the molecule is CC[C@H](C)[C@H](NCCCS(=O)(=O)c1ccc(F)cc1)C(=O)O. The predicted octanol–water partition coefficient (Wildman–Crippen LogP) is 2.08. The molecule has 0 aliphatic rings. The van der Waals surface area contributed by atoms with Crippen molar-refractivity contribution in [1.29, 1.82) is 0 Å². The summed E-state index contributed by atoms with van der Waals surface area (Å²) in [5.74, 6) is -1.57. The Hall–Kier alpha value is -1.47. The van der Waals surface area contributed by atoms with Crippen LogP contribution in [0.25, 0.3) is 0 Å². The monoisotopic (exact) mass is 331 g/mol. The largest absolute Gasteiger partial charge is 0.480 e. The topological polar surface area (TPSA) is 83.5 Å². The summed E-state index contributed by atoms with van der Waals surface area (Å²) in [4.78, 5) is 11.2. The van der Waals surface area contributed by atoms with E-state index in [2.05, 4.69) is 5.32 Å². The second kappa shape index (κ2) is 8.24. The van der Waals surface area contributed by atoms with Gasteiger partial charge in [0.15, 0.2) is 9.84 Å². The van der Waals surface area contributed by atoms with E-state index in [0.29, 0.717) is 13.0 Å². The van der Waals surface area contributed by atoms with E-state index in [4.69, 9.17) is 5.11 Å². The molecule has 0 spiro atoms. The normalized spacial score (nSPS) is 14.5. The summed E-state index contributed by atoms with van der Waals surface area (Å²) in [7, 11) is -3.48. The van der Waals surface area contributed by atoms with Crippen molar-refractivity contribution >= 4 is 15.8 Å². The number of sulfone groups is 1. The number of carbonyl (C=O) groups is 1. The molecule has 0 saturated heterocycles. The van der Waals surface area contributed by atoms with Gasteiger partial charge in [-0.25, -0.2) is 12.8 Å². The van der Waals surface area contributed by atoms with Crippen LogP contribution in [0.3, 0.4) is 0 Å². The summed E-state index contributed by atoms with van der Waals surface area (Å²) >= 11 is 0. The number of aliphatic carboxylic acids is 1. The van der Waals surface area contributed by atoms with Gasteiger partial charge in [0, 0.05) is 0 Å². The highest BCUT2D eigenvalue weighted by Gasteiger charge is 2.22. The van der Waals surface area contributed by atoms with Crippen LogP contribution in [0.15, 0.2) is 29.2 Å². The summed E-state index contributed by atoms with van der Waals surface area (Å²) in [5.41, 5.74) is 0. The number of rotatable bonds is 9. The van der Waals surface area contributed by atoms with Gasteiger partial charge in [0.05, 0.1) is 10.6 Å². The zero-order chi connectivity index (χ0) is 16.8. The molecule has 5 nitrogen and oxygen atoms in total. The Morgan fingerprint density at radius 2 is 1.91 bits per heavy atom. The lowest BCUT2D eigenvalue weighted by molar-refractivity contribution is -0.140. The predicted molar refractivity (Wildman–Crippen MR) is 82.0 cm³/mol. The van der Waals surface area contributed by atoms with Crippen molar-refractivity contribution in [2.75, 3.05) is 12.3 Å². The molecule has 1 aromatic carbocycles. The van der Waals surface area contributed by atoms with Gasteiger partial charge in [-0.3, -0.25) is 4.79 Å². The molecular weight excluding hydrogens is 309 g/mol. The second-order valence-electron chi connectivity index (χ2n) is 5.28. The number of hydrogen-bond acceptors (Lipinski definition) is 4. The zero-order valence-corrected chi connectivity index (χ0v) is 13.6. The molecule has 0 fully saturated rings. The Kier molecular flexibility index (Phi) is 6.96. The number of hydrogen-bond donors (Lipinski definition) is 2. The van der Waals surface area contributed by atoms with Crippen LogP contribution in [0, 0.1) is 11.7 Å². The molecule has 124 valence electrons. The molecular formula is C15H22FNO4S. The summed E-state index contributed by atoms with van der Waals surface area (Å²) in [6.07, 6.45) is 1.01. The minimum absolute atomic E-state index is 0.0359. The maximum absolute atomic E-state index is 12.8. The van der Waals surface area contributed by atoms with E-state index < -0.39 is 27.7 Å². The highest BCUT2D eigenvalue weighted by molar-refractivity contribution is 7.91. The summed E-state index contributed by atoms with van der Waals surface area (Å²) in [6, 6.07) is 4.00. The molecule has 2 N–H and O–H groups in total.